The summed E-state index contributed by atoms with van der Waals surface area (Å²) in [6.45, 7) is 0. The highest BCUT2D eigenvalue weighted by Gasteiger charge is 2.29. The van der Waals surface area contributed by atoms with Gasteiger partial charge in [-0.25, -0.2) is 9.18 Å². The lowest BCUT2D eigenvalue weighted by atomic mass is 10.1. The highest BCUT2D eigenvalue weighted by molar-refractivity contribution is 5.95. The molecule has 1 aromatic carbocycles. The van der Waals surface area contributed by atoms with E-state index >= 15 is 0 Å². The third-order valence-electron chi connectivity index (χ3n) is 1.82. The lowest BCUT2D eigenvalue weighted by Crippen LogP contribution is -2.10. The Morgan fingerprint density at radius 3 is 2.69 bits per heavy atom. The number of hydrogen-bond acceptors (Lipinski definition) is 5. The Balaban J connectivity index is 3.62. The smallest absolute Gasteiger partial charge is 0.347 e. The van der Waals surface area contributed by atoms with Crippen molar-refractivity contribution >= 4 is 11.7 Å². The minimum Gasteiger partial charge on any atom is -0.465 e. The molecule has 0 saturated carbocycles. The molecule has 0 N–H and O–H groups in total. The minimum absolute atomic E-state index is 0.396. The number of methoxy groups -OCH3 is 1. The van der Waals surface area contributed by atoms with Gasteiger partial charge < -0.3 is 4.74 Å². The van der Waals surface area contributed by atoms with Crippen LogP contribution in [0.1, 0.15) is 15.9 Å². The molecule has 6 nitrogen and oxygen atoms in total. The zero-order chi connectivity index (χ0) is 12.3. The first-order valence-corrected chi connectivity index (χ1v) is 3.98. The summed E-state index contributed by atoms with van der Waals surface area (Å²) in [6, 6.07) is 3.24. The van der Waals surface area contributed by atoms with Crippen molar-refractivity contribution < 1.29 is 18.8 Å². The number of nitriles is 1. The van der Waals surface area contributed by atoms with E-state index in [2.05, 4.69) is 4.74 Å². The van der Waals surface area contributed by atoms with Gasteiger partial charge in [0.05, 0.1) is 12.0 Å². The van der Waals surface area contributed by atoms with Crippen LogP contribution in [-0.2, 0) is 4.74 Å². The molecule has 1 aromatic rings. The van der Waals surface area contributed by atoms with Crippen LogP contribution in [0.2, 0.25) is 0 Å². The number of hydrogen-bond donors (Lipinski definition) is 0. The maximum absolute atomic E-state index is 13.2. The van der Waals surface area contributed by atoms with E-state index in [1.54, 1.807) is 0 Å². The largest absolute Gasteiger partial charge is 0.465 e. The van der Waals surface area contributed by atoms with E-state index in [4.69, 9.17) is 5.26 Å². The second kappa shape index (κ2) is 4.35. The van der Waals surface area contributed by atoms with Crippen LogP contribution in [-0.4, -0.2) is 18.0 Å². The van der Waals surface area contributed by atoms with Gasteiger partial charge in [-0.05, 0) is 12.1 Å². The number of nitrogens with zero attached hydrogens (tertiary/aromatic N) is 2. The van der Waals surface area contributed by atoms with Crippen molar-refractivity contribution in [2.24, 2.45) is 0 Å². The van der Waals surface area contributed by atoms with Crippen molar-refractivity contribution in [2.75, 3.05) is 7.11 Å². The van der Waals surface area contributed by atoms with E-state index in [-0.39, 0.29) is 0 Å². The fourth-order valence-corrected chi connectivity index (χ4v) is 1.14. The monoisotopic (exact) mass is 224 g/mol. The first kappa shape index (κ1) is 11.6. The number of esters is 1. The molecule has 0 aliphatic heterocycles. The van der Waals surface area contributed by atoms with Crippen LogP contribution in [0.4, 0.5) is 10.1 Å². The lowest BCUT2D eigenvalue weighted by Gasteiger charge is -2.03. The van der Waals surface area contributed by atoms with Gasteiger partial charge in [0.25, 0.3) is 0 Å². The van der Waals surface area contributed by atoms with Crippen LogP contribution in [0, 0.1) is 27.3 Å². The minimum atomic E-state index is -1.19. The van der Waals surface area contributed by atoms with E-state index in [0.717, 1.165) is 19.2 Å². The zero-order valence-electron chi connectivity index (χ0n) is 8.06. The van der Waals surface area contributed by atoms with Gasteiger partial charge in [0, 0.05) is 0 Å². The molecule has 0 aromatic heterocycles. The molecule has 82 valence electrons. The van der Waals surface area contributed by atoms with Gasteiger partial charge in [0.15, 0.2) is 5.56 Å². The van der Waals surface area contributed by atoms with E-state index in [0.29, 0.717) is 0 Å². The molecule has 0 fully saturated rings. The number of ether oxygens (including phenoxy) is 1. The van der Waals surface area contributed by atoms with Gasteiger partial charge in [0.1, 0.15) is 17.4 Å². The van der Waals surface area contributed by atoms with Crippen molar-refractivity contribution in [3.05, 3.63) is 39.2 Å². The summed E-state index contributed by atoms with van der Waals surface area (Å²) in [5.74, 6) is -2.29. The van der Waals surface area contributed by atoms with Gasteiger partial charge in [-0.15, -0.1) is 0 Å². The van der Waals surface area contributed by atoms with Gasteiger partial charge >= 0.3 is 11.7 Å². The molecule has 0 spiro atoms. The Hall–Kier alpha value is -2.49. The van der Waals surface area contributed by atoms with Gasteiger partial charge in [-0.2, -0.15) is 5.26 Å². The quantitative estimate of drug-likeness (QED) is 0.430. The first-order chi connectivity index (χ1) is 7.52. The molecule has 0 heterocycles. The van der Waals surface area contributed by atoms with Gasteiger partial charge in [-0.1, -0.05) is 0 Å². The lowest BCUT2D eigenvalue weighted by molar-refractivity contribution is -0.385. The normalized spacial score (nSPS) is 9.31. The number of halogens is 1. The fourth-order valence-electron chi connectivity index (χ4n) is 1.14. The predicted octanol–water partition coefficient (Wildman–Crippen LogP) is 1.39. The van der Waals surface area contributed by atoms with Crippen molar-refractivity contribution in [2.45, 2.75) is 0 Å². The van der Waals surface area contributed by atoms with Crippen molar-refractivity contribution in [3.8, 4) is 6.07 Å². The van der Waals surface area contributed by atoms with Crippen molar-refractivity contribution in [3.63, 3.8) is 0 Å². The second-order valence-electron chi connectivity index (χ2n) is 2.68. The van der Waals surface area contributed by atoms with Gasteiger partial charge in [-0.3, -0.25) is 10.1 Å². The number of nitro groups is 1. The molecule has 0 radical (unpaired) electrons. The van der Waals surface area contributed by atoms with Gasteiger partial charge in [0.2, 0.25) is 0 Å². The maximum atomic E-state index is 13.2. The summed E-state index contributed by atoms with van der Waals surface area (Å²) in [6.07, 6.45) is 0. The Morgan fingerprint density at radius 2 is 2.25 bits per heavy atom. The molecule has 7 heteroatoms. The molecule has 0 bridgehead atoms. The third kappa shape index (κ3) is 1.81. The average molecular weight is 224 g/mol. The van der Waals surface area contributed by atoms with Crippen LogP contribution in [0.25, 0.3) is 0 Å². The zero-order valence-corrected chi connectivity index (χ0v) is 8.06. The Kier molecular flexibility index (Phi) is 3.15. The molecule has 0 unspecified atom stereocenters. The number of nitro benzene ring substituents is 1. The summed E-state index contributed by atoms with van der Waals surface area (Å²) in [4.78, 5) is 20.8. The molecule has 0 atom stereocenters. The molecular weight excluding hydrogens is 219 g/mol. The summed E-state index contributed by atoms with van der Waals surface area (Å²) in [5.41, 5.74) is -2.12. The summed E-state index contributed by atoms with van der Waals surface area (Å²) in [7, 11) is 0.963. The molecule has 0 saturated heterocycles. The van der Waals surface area contributed by atoms with Crippen LogP contribution in [0.5, 0.6) is 0 Å². The highest BCUT2D eigenvalue weighted by atomic mass is 19.1. The van der Waals surface area contributed by atoms with E-state index in [9.17, 15) is 19.3 Å². The van der Waals surface area contributed by atoms with Crippen LogP contribution < -0.4 is 0 Å². The number of carbonyl (C=O) groups is 1. The topological polar surface area (TPSA) is 93.2 Å². The standard InChI is InChI=1S/C9H5FN2O4/c1-16-9(13)7-6(10)3-2-5(4-11)8(7)12(14)15/h2-3H,1H3. The SMILES string of the molecule is COC(=O)c1c(F)ccc(C#N)c1[N+](=O)[O-]. The molecule has 0 amide bonds. The summed E-state index contributed by atoms with van der Waals surface area (Å²) in [5, 5.41) is 19.3. The average Bonchev–Trinajstić information content (AvgIpc) is 2.27. The predicted molar refractivity (Wildman–Crippen MR) is 49.1 cm³/mol. The Bertz CT molecular complexity index is 507. The molecule has 0 aliphatic rings. The van der Waals surface area contributed by atoms with Crippen molar-refractivity contribution in [1.82, 2.24) is 0 Å². The summed E-state index contributed by atoms with van der Waals surface area (Å²) < 4.78 is 17.5. The Labute approximate surface area is 89.0 Å². The molecule has 0 aliphatic carbocycles. The van der Waals surface area contributed by atoms with Crippen molar-refractivity contribution in [1.29, 1.82) is 5.26 Å². The van der Waals surface area contributed by atoms with Crippen LogP contribution in [0.15, 0.2) is 12.1 Å². The van der Waals surface area contributed by atoms with Crippen LogP contribution in [0.3, 0.4) is 0 Å². The molecule has 16 heavy (non-hydrogen) atoms. The van der Waals surface area contributed by atoms with E-state index in [1.165, 1.54) is 6.07 Å². The first-order valence-electron chi connectivity index (χ1n) is 3.98. The fraction of sp³-hybridized carbons (Fsp3) is 0.111. The van der Waals surface area contributed by atoms with Crippen LogP contribution >= 0.6 is 0 Å². The molecular formula is C9H5FN2O4. The second-order valence-corrected chi connectivity index (χ2v) is 2.68. The maximum Gasteiger partial charge on any atom is 0.347 e. The van der Waals surface area contributed by atoms with E-state index in [1.807, 2.05) is 0 Å². The summed E-state index contributed by atoms with van der Waals surface area (Å²) >= 11 is 0. The third-order valence-corrected chi connectivity index (χ3v) is 1.82. The molecule has 1 rings (SSSR count). The number of rotatable bonds is 2. The number of benzene rings is 1. The number of carbonyl (C=O) groups excluding carboxylic acids is 1. The Morgan fingerprint density at radius 1 is 1.62 bits per heavy atom. The van der Waals surface area contributed by atoms with E-state index < -0.39 is 33.5 Å². The highest BCUT2D eigenvalue weighted by Crippen LogP contribution is 2.26.